The molecule has 6 heteroatoms. The van der Waals surface area contributed by atoms with E-state index in [1.807, 2.05) is 0 Å². The van der Waals surface area contributed by atoms with E-state index in [9.17, 15) is 9.59 Å². The van der Waals surface area contributed by atoms with Crippen LogP contribution in [0.2, 0.25) is 0 Å². The Morgan fingerprint density at radius 1 is 1.29 bits per heavy atom. The summed E-state index contributed by atoms with van der Waals surface area (Å²) in [6.45, 7) is 0.235. The molecule has 1 aromatic rings. The van der Waals surface area contributed by atoms with E-state index in [0.29, 0.717) is 22.5 Å². The topological polar surface area (TPSA) is 63.4 Å². The number of benzene rings is 1. The number of nitrogens with two attached hydrogens (primary N) is 1. The van der Waals surface area contributed by atoms with Crippen LogP contribution in [0.4, 0.5) is 0 Å². The first-order valence-corrected chi connectivity index (χ1v) is 6.15. The molecule has 0 atom stereocenters. The summed E-state index contributed by atoms with van der Waals surface area (Å²) in [6.07, 6.45) is 0.349. The van der Waals surface area contributed by atoms with Crippen molar-refractivity contribution in [1.29, 1.82) is 0 Å². The summed E-state index contributed by atoms with van der Waals surface area (Å²) in [7, 11) is 0. The summed E-state index contributed by atoms with van der Waals surface area (Å²) < 4.78 is 0.772. The first-order valence-electron chi connectivity index (χ1n) is 4.95. The molecule has 1 aromatic carbocycles. The van der Waals surface area contributed by atoms with Gasteiger partial charge in [0.15, 0.2) is 0 Å². The molecule has 2 rings (SSSR count). The highest BCUT2D eigenvalue weighted by Crippen LogP contribution is 2.25. The molecule has 4 nitrogen and oxygen atoms in total. The molecule has 0 aliphatic carbocycles. The summed E-state index contributed by atoms with van der Waals surface area (Å²) in [5.74, 6) is -0.573. The molecule has 17 heavy (non-hydrogen) atoms. The van der Waals surface area contributed by atoms with Crippen molar-refractivity contribution in [3.05, 3.63) is 33.8 Å². The molecule has 0 fully saturated rings. The van der Waals surface area contributed by atoms with E-state index < -0.39 is 0 Å². The van der Waals surface area contributed by atoms with Gasteiger partial charge in [-0.3, -0.25) is 14.5 Å². The number of imide groups is 1. The van der Waals surface area contributed by atoms with Crippen molar-refractivity contribution >= 4 is 45.0 Å². The van der Waals surface area contributed by atoms with Crippen molar-refractivity contribution in [1.82, 2.24) is 4.90 Å². The van der Waals surface area contributed by atoms with Crippen LogP contribution in [-0.4, -0.2) is 28.2 Å². The van der Waals surface area contributed by atoms with Gasteiger partial charge in [0.05, 0.1) is 16.1 Å². The van der Waals surface area contributed by atoms with Gasteiger partial charge in [0.1, 0.15) is 0 Å². The van der Waals surface area contributed by atoms with Crippen molar-refractivity contribution in [2.24, 2.45) is 5.73 Å². The zero-order valence-corrected chi connectivity index (χ0v) is 11.2. The maximum absolute atomic E-state index is 12.0. The Bertz CT molecular complexity index is 530. The number of carbonyl (C=O) groups is 2. The number of hydrogen-bond acceptors (Lipinski definition) is 3. The van der Waals surface area contributed by atoms with Gasteiger partial charge in [0, 0.05) is 17.4 Å². The Hall–Kier alpha value is -1.27. The van der Waals surface area contributed by atoms with Crippen LogP contribution in [0.15, 0.2) is 22.7 Å². The second-order valence-corrected chi connectivity index (χ2v) is 5.11. The fourth-order valence-corrected chi connectivity index (χ4v) is 2.14. The van der Waals surface area contributed by atoms with E-state index >= 15 is 0 Å². The number of carbonyl (C=O) groups excluding carboxylic acids is 2. The molecule has 1 aliphatic rings. The molecular formula is C11H9BrN2O2S. The van der Waals surface area contributed by atoms with E-state index in [-0.39, 0.29) is 18.4 Å². The predicted molar refractivity (Wildman–Crippen MR) is 70.9 cm³/mol. The molecule has 1 aliphatic heterocycles. The maximum atomic E-state index is 12.0. The Morgan fingerprint density at radius 2 is 1.94 bits per heavy atom. The standard InChI is InChI=1S/C11H9BrN2O2S/c12-6-1-2-7-8(5-6)11(16)14(10(7)15)4-3-9(13)17/h1-2,5H,3-4H2,(H2,13,17). The minimum absolute atomic E-state index is 0.235. The van der Waals surface area contributed by atoms with Crippen LogP contribution < -0.4 is 5.73 Å². The lowest BCUT2D eigenvalue weighted by Gasteiger charge is -2.12. The normalized spacial score (nSPS) is 14.1. The second kappa shape index (κ2) is 4.54. The number of amides is 2. The van der Waals surface area contributed by atoms with Crippen LogP contribution in [0, 0.1) is 0 Å². The molecule has 0 saturated carbocycles. The molecule has 2 N–H and O–H groups in total. The van der Waals surface area contributed by atoms with Gasteiger partial charge in [-0.2, -0.15) is 0 Å². The van der Waals surface area contributed by atoms with Crippen LogP contribution in [-0.2, 0) is 0 Å². The summed E-state index contributed by atoms with van der Waals surface area (Å²) in [4.78, 5) is 25.4. The first-order chi connectivity index (χ1) is 8.00. The number of thiocarbonyl (C=S) groups is 1. The summed E-state index contributed by atoms with van der Waals surface area (Å²) in [5, 5.41) is 0. The van der Waals surface area contributed by atoms with E-state index in [1.165, 1.54) is 4.90 Å². The highest BCUT2D eigenvalue weighted by molar-refractivity contribution is 9.10. The van der Waals surface area contributed by atoms with Crippen molar-refractivity contribution in [3.8, 4) is 0 Å². The molecule has 0 saturated heterocycles. The van der Waals surface area contributed by atoms with Crippen LogP contribution in [0.3, 0.4) is 0 Å². The van der Waals surface area contributed by atoms with E-state index in [1.54, 1.807) is 18.2 Å². The van der Waals surface area contributed by atoms with Gasteiger partial charge in [-0.1, -0.05) is 28.1 Å². The molecule has 0 spiro atoms. The van der Waals surface area contributed by atoms with Crippen LogP contribution >= 0.6 is 28.1 Å². The van der Waals surface area contributed by atoms with Gasteiger partial charge in [-0.25, -0.2) is 0 Å². The van der Waals surface area contributed by atoms with E-state index in [0.717, 1.165) is 4.47 Å². The van der Waals surface area contributed by atoms with Crippen molar-refractivity contribution in [2.45, 2.75) is 6.42 Å². The number of fused-ring (bicyclic) bond motifs is 1. The van der Waals surface area contributed by atoms with Gasteiger partial charge in [-0.15, -0.1) is 0 Å². The van der Waals surface area contributed by atoms with Crippen molar-refractivity contribution in [2.75, 3.05) is 6.54 Å². The van der Waals surface area contributed by atoms with Crippen LogP contribution in [0.25, 0.3) is 0 Å². The Balaban J connectivity index is 2.29. The Morgan fingerprint density at radius 3 is 2.59 bits per heavy atom. The predicted octanol–water partition coefficient (Wildman–Crippen LogP) is 1.72. The molecule has 0 radical (unpaired) electrons. The second-order valence-electron chi connectivity index (χ2n) is 3.67. The number of hydrogen-bond donors (Lipinski definition) is 1. The summed E-state index contributed by atoms with van der Waals surface area (Å²) >= 11 is 8.01. The van der Waals surface area contributed by atoms with E-state index in [4.69, 9.17) is 18.0 Å². The molecule has 0 unspecified atom stereocenters. The monoisotopic (exact) mass is 312 g/mol. The van der Waals surface area contributed by atoms with Crippen molar-refractivity contribution < 1.29 is 9.59 Å². The lowest BCUT2D eigenvalue weighted by Crippen LogP contribution is -2.32. The Labute approximate surface area is 112 Å². The van der Waals surface area contributed by atoms with Gasteiger partial charge >= 0.3 is 0 Å². The van der Waals surface area contributed by atoms with Crippen LogP contribution in [0.1, 0.15) is 27.1 Å². The Kier molecular flexibility index (Phi) is 3.26. The summed E-state index contributed by atoms with van der Waals surface area (Å²) in [5.41, 5.74) is 6.22. The van der Waals surface area contributed by atoms with Gasteiger partial charge in [0.25, 0.3) is 11.8 Å². The zero-order chi connectivity index (χ0) is 12.6. The molecule has 88 valence electrons. The van der Waals surface area contributed by atoms with Gasteiger partial charge in [0.2, 0.25) is 0 Å². The molecular weight excluding hydrogens is 304 g/mol. The largest absolute Gasteiger partial charge is 0.393 e. The van der Waals surface area contributed by atoms with Crippen LogP contribution in [0.5, 0.6) is 0 Å². The third-order valence-electron chi connectivity index (χ3n) is 2.51. The van der Waals surface area contributed by atoms with Gasteiger partial charge in [-0.05, 0) is 18.2 Å². The number of halogens is 1. The molecule has 0 aromatic heterocycles. The highest BCUT2D eigenvalue weighted by atomic mass is 79.9. The SMILES string of the molecule is NC(=S)CCN1C(=O)c2ccc(Br)cc2C1=O. The third kappa shape index (κ3) is 2.23. The lowest BCUT2D eigenvalue weighted by molar-refractivity contribution is 0.0659. The zero-order valence-electron chi connectivity index (χ0n) is 8.77. The van der Waals surface area contributed by atoms with Gasteiger partial charge < -0.3 is 5.73 Å². The molecule has 2 amide bonds. The smallest absolute Gasteiger partial charge is 0.261 e. The van der Waals surface area contributed by atoms with Crippen molar-refractivity contribution in [3.63, 3.8) is 0 Å². The quantitative estimate of drug-likeness (QED) is 0.682. The lowest BCUT2D eigenvalue weighted by atomic mass is 10.1. The third-order valence-corrected chi connectivity index (χ3v) is 3.21. The molecule has 0 bridgehead atoms. The van der Waals surface area contributed by atoms with E-state index in [2.05, 4.69) is 15.9 Å². The average molecular weight is 313 g/mol. The number of nitrogens with zero attached hydrogens (tertiary/aromatic N) is 1. The summed E-state index contributed by atoms with van der Waals surface area (Å²) in [6, 6.07) is 5.03. The fourth-order valence-electron chi connectivity index (χ4n) is 1.69. The minimum atomic E-state index is -0.289. The minimum Gasteiger partial charge on any atom is -0.393 e. The highest BCUT2D eigenvalue weighted by Gasteiger charge is 2.35. The maximum Gasteiger partial charge on any atom is 0.261 e. The number of rotatable bonds is 3. The fraction of sp³-hybridized carbons (Fsp3) is 0.182. The first kappa shape index (κ1) is 12.2. The molecule has 1 heterocycles. The average Bonchev–Trinajstić information content (AvgIpc) is 2.49.